The Morgan fingerprint density at radius 1 is 1.00 bits per heavy atom. The van der Waals surface area contributed by atoms with E-state index in [1.54, 1.807) is 6.08 Å². The predicted molar refractivity (Wildman–Crippen MR) is 123 cm³/mol. The van der Waals surface area contributed by atoms with Gasteiger partial charge in [-0.2, -0.15) is 5.10 Å². The Balaban J connectivity index is 1.26. The number of likely N-dealkylation sites (tertiary alicyclic amines) is 1. The van der Waals surface area contributed by atoms with E-state index >= 15 is 0 Å². The number of fused-ring (bicyclic) bond motifs is 1. The third-order valence-corrected chi connectivity index (χ3v) is 6.21. The van der Waals surface area contributed by atoms with Crippen LogP contribution in [0, 0.1) is 5.82 Å². The van der Waals surface area contributed by atoms with Crippen LogP contribution in [0.1, 0.15) is 18.4 Å². The third kappa shape index (κ3) is 4.94. The smallest absolute Gasteiger partial charge is 0.406 e. The Bertz CT molecular complexity index is 1240. The van der Waals surface area contributed by atoms with Gasteiger partial charge in [0.2, 0.25) is 0 Å². The van der Waals surface area contributed by atoms with Crippen molar-refractivity contribution in [2.45, 2.75) is 25.7 Å². The minimum atomic E-state index is -4.86. The maximum atomic E-state index is 14.4. The number of aromatic nitrogens is 2. The van der Waals surface area contributed by atoms with Gasteiger partial charge in [0.05, 0.1) is 18.3 Å². The first kappa shape index (κ1) is 22.5. The number of ether oxygens (including phenoxy) is 1. The van der Waals surface area contributed by atoms with Gasteiger partial charge in [-0.15, -0.1) is 13.2 Å². The van der Waals surface area contributed by atoms with E-state index in [1.807, 2.05) is 34.1 Å². The lowest BCUT2D eigenvalue weighted by molar-refractivity contribution is -0.274. The molecule has 0 bridgehead atoms. The lowest BCUT2D eigenvalue weighted by Gasteiger charge is -2.23. The summed E-state index contributed by atoms with van der Waals surface area (Å²) in [5, 5.41) is 5.60. The van der Waals surface area contributed by atoms with Crippen molar-refractivity contribution < 1.29 is 22.3 Å². The van der Waals surface area contributed by atoms with Crippen molar-refractivity contribution in [2.24, 2.45) is 0 Å². The van der Waals surface area contributed by atoms with E-state index in [4.69, 9.17) is 0 Å². The van der Waals surface area contributed by atoms with E-state index in [2.05, 4.69) is 26.9 Å². The number of benzene rings is 2. The molecule has 9 heteroatoms. The highest BCUT2D eigenvalue weighted by Crippen LogP contribution is 2.30. The molecule has 3 heterocycles. The molecule has 0 aliphatic carbocycles. The minimum absolute atomic E-state index is 0.222. The fraction of sp³-hybridized carbons (Fsp3) is 0.320. The Labute approximate surface area is 194 Å². The molecular formula is C25H24F4N4O. The van der Waals surface area contributed by atoms with Gasteiger partial charge in [0.25, 0.3) is 0 Å². The van der Waals surface area contributed by atoms with Crippen molar-refractivity contribution in [1.82, 2.24) is 14.7 Å². The predicted octanol–water partition coefficient (Wildman–Crippen LogP) is 5.59. The number of halogens is 4. The fourth-order valence-corrected chi connectivity index (χ4v) is 4.49. The average Bonchev–Trinajstić information content (AvgIpc) is 3.46. The zero-order valence-electron chi connectivity index (χ0n) is 18.4. The first-order valence-corrected chi connectivity index (χ1v) is 11.2. The van der Waals surface area contributed by atoms with Crippen LogP contribution in [-0.4, -0.2) is 47.2 Å². The Hall–Kier alpha value is -3.33. The standard InChI is InChI=1S/C25H24F4N4O/c26-23-16-21(34-25(27,28)29)4-5-22(23)18-7-11-32(12-8-18)20-3-6-24-19(15-20)17-30-33(24)14-13-31-9-1-2-10-31/h3-8,11,15-17H,1-2,9-10,12-14H2. The van der Waals surface area contributed by atoms with Crippen molar-refractivity contribution in [3.8, 4) is 5.75 Å². The van der Waals surface area contributed by atoms with E-state index in [0.717, 1.165) is 54.9 Å². The van der Waals surface area contributed by atoms with Crippen LogP contribution >= 0.6 is 0 Å². The topological polar surface area (TPSA) is 33.5 Å². The summed E-state index contributed by atoms with van der Waals surface area (Å²) in [7, 11) is 0. The van der Waals surface area contributed by atoms with Crippen LogP contribution in [0.2, 0.25) is 0 Å². The zero-order valence-corrected chi connectivity index (χ0v) is 18.4. The Morgan fingerprint density at radius 2 is 1.82 bits per heavy atom. The van der Waals surface area contributed by atoms with E-state index in [-0.39, 0.29) is 5.56 Å². The summed E-state index contributed by atoms with van der Waals surface area (Å²) in [5.41, 5.74) is 2.89. The molecule has 0 N–H and O–H groups in total. The van der Waals surface area contributed by atoms with Gasteiger partial charge in [-0.1, -0.05) is 6.08 Å². The molecule has 0 amide bonds. The maximum absolute atomic E-state index is 14.4. The molecule has 5 nitrogen and oxygen atoms in total. The van der Waals surface area contributed by atoms with E-state index in [0.29, 0.717) is 12.1 Å². The molecule has 0 unspecified atom stereocenters. The molecule has 1 saturated heterocycles. The van der Waals surface area contributed by atoms with Gasteiger partial charge in [-0.25, -0.2) is 4.39 Å². The van der Waals surface area contributed by atoms with Gasteiger partial charge in [0.15, 0.2) is 0 Å². The molecule has 1 aromatic heterocycles. The molecule has 3 aromatic rings. The Kier molecular flexibility index (Phi) is 6.03. The van der Waals surface area contributed by atoms with Gasteiger partial charge in [0.1, 0.15) is 11.6 Å². The van der Waals surface area contributed by atoms with Crippen LogP contribution in [0.4, 0.5) is 23.2 Å². The van der Waals surface area contributed by atoms with Crippen molar-refractivity contribution in [1.29, 1.82) is 0 Å². The number of hydrogen-bond acceptors (Lipinski definition) is 4. The summed E-state index contributed by atoms with van der Waals surface area (Å²) in [6.07, 6.45) is 4.98. The van der Waals surface area contributed by atoms with Gasteiger partial charge in [0, 0.05) is 42.0 Å². The molecule has 34 heavy (non-hydrogen) atoms. The molecule has 2 aromatic carbocycles. The van der Waals surface area contributed by atoms with Crippen molar-refractivity contribution in [3.63, 3.8) is 0 Å². The minimum Gasteiger partial charge on any atom is -0.406 e. The molecular weight excluding hydrogens is 448 g/mol. The number of rotatable bonds is 6. The second-order valence-electron chi connectivity index (χ2n) is 8.48. The number of allylic oxidation sites excluding steroid dienone is 2. The second-order valence-corrected chi connectivity index (χ2v) is 8.48. The molecule has 0 spiro atoms. The molecule has 0 atom stereocenters. The van der Waals surface area contributed by atoms with Crippen LogP contribution in [0.25, 0.3) is 16.5 Å². The first-order valence-electron chi connectivity index (χ1n) is 11.2. The summed E-state index contributed by atoms with van der Waals surface area (Å²) < 4.78 is 57.3. The molecule has 178 valence electrons. The molecule has 1 fully saturated rings. The van der Waals surface area contributed by atoms with Crippen molar-refractivity contribution >= 4 is 22.2 Å². The molecule has 2 aliphatic heterocycles. The largest absolute Gasteiger partial charge is 0.573 e. The van der Waals surface area contributed by atoms with Crippen LogP contribution in [0.15, 0.2) is 60.9 Å². The lowest BCUT2D eigenvalue weighted by Crippen LogP contribution is -2.24. The SMILES string of the molecule is Fc1cc(OC(F)(F)F)ccc1C1=CCN(c2ccc3c(cnn3CCN3CCCC3)c2)C=C1. The second kappa shape index (κ2) is 9.13. The number of hydrogen-bond donors (Lipinski definition) is 0. The molecule has 5 rings (SSSR count). The maximum Gasteiger partial charge on any atom is 0.573 e. The highest BCUT2D eigenvalue weighted by atomic mass is 19.4. The van der Waals surface area contributed by atoms with Crippen molar-refractivity contribution in [3.05, 3.63) is 72.3 Å². The van der Waals surface area contributed by atoms with E-state index in [9.17, 15) is 17.6 Å². The highest BCUT2D eigenvalue weighted by Gasteiger charge is 2.31. The quantitative estimate of drug-likeness (QED) is 0.438. The summed E-state index contributed by atoms with van der Waals surface area (Å²) in [5.74, 6) is -1.35. The number of alkyl halides is 3. The van der Waals surface area contributed by atoms with Crippen LogP contribution in [-0.2, 0) is 6.54 Å². The summed E-state index contributed by atoms with van der Waals surface area (Å²) in [4.78, 5) is 4.48. The van der Waals surface area contributed by atoms with E-state index < -0.39 is 17.9 Å². The van der Waals surface area contributed by atoms with Gasteiger partial charge in [-0.3, -0.25) is 4.68 Å². The van der Waals surface area contributed by atoms with Crippen LogP contribution < -0.4 is 9.64 Å². The number of anilines is 1. The Morgan fingerprint density at radius 3 is 2.53 bits per heavy atom. The molecule has 2 aliphatic rings. The molecule has 0 radical (unpaired) electrons. The molecule has 0 saturated carbocycles. The van der Waals surface area contributed by atoms with Gasteiger partial charge >= 0.3 is 6.36 Å². The summed E-state index contributed by atoms with van der Waals surface area (Å²) >= 11 is 0. The van der Waals surface area contributed by atoms with E-state index in [1.165, 1.54) is 18.9 Å². The normalized spacial score (nSPS) is 16.9. The van der Waals surface area contributed by atoms with Crippen LogP contribution in [0.3, 0.4) is 0 Å². The first-order chi connectivity index (χ1) is 16.4. The fourth-order valence-electron chi connectivity index (χ4n) is 4.49. The summed E-state index contributed by atoms with van der Waals surface area (Å²) in [6, 6.07) is 9.32. The lowest BCUT2D eigenvalue weighted by atomic mass is 10.0. The van der Waals surface area contributed by atoms with Gasteiger partial charge < -0.3 is 14.5 Å². The van der Waals surface area contributed by atoms with Gasteiger partial charge in [-0.05, 0) is 67.9 Å². The average molecular weight is 472 g/mol. The van der Waals surface area contributed by atoms with Crippen LogP contribution in [0.5, 0.6) is 5.75 Å². The van der Waals surface area contributed by atoms with Crippen molar-refractivity contribution in [2.75, 3.05) is 31.1 Å². The monoisotopic (exact) mass is 472 g/mol. The summed E-state index contributed by atoms with van der Waals surface area (Å²) in [6.45, 7) is 4.68. The highest BCUT2D eigenvalue weighted by molar-refractivity contribution is 5.84. The zero-order chi connectivity index (χ0) is 23.7. The number of nitrogens with zero attached hydrogens (tertiary/aromatic N) is 4. The third-order valence-electron chi connectivity index (χ3n) is 6.21.